The van der Waals surface area contributed by atoms with E-state index in [2.05, 4.69) is 10.4 Å². The van der Waals surface area contributed by atoms with E-state index in [4.69, 9.17) is 4.74 Å². The van der Waals surface area contributed by atoms with Crippen molar-refractivity contribution < 1.29 is 23.4 Å². The molecule has 35 heavy (non-hydrogen) atoms. The highest BCUT2D eigenvalue weighted by atomic mass is 19.1. The van der Waals surface area contributed by atoms with Gasteiger partial charge < -0.3 is 15.2 Å². The molecule has 1 aliphatic heterocycles. The highest BCUT2D eigenvalue weighted by Crippen LogP contribution is 2.29. The largest absolute Gasteiger partial charge is 0.389 e. The summed E-state index contributed by atoms with van der Waals surface area (Å²) in [6, 6.07) is 12.8. The number of hydrogen-bond acceptors (Lipinski definition) is 4. The summed E-state index contributed by atoms with van der Waals surface area (Å²) in [5.41, 5.74) is 2.44. The van der Waals surface area contributed by atoms with E-state index in [1.165, 1.54) is 12.1 Å². The molecule has 5 rings (SSSR count). The van der Waals surface area contributed by atoms with Gasteiger partial charge in [-0.2, -0.15) is 5.10 Å². The number of fused-ring (bicyclic) bond motifs is 1. The van der Waals surface area contributed by atoms with Gasteiger partial charge in [-0.15, -0.1) is 0 Å². The van der Waals surface area contributed by atoms with Gasteiger partial charge in [-0.1, -0.05) is 36.4 Å². The lowest BCUT2D eigenvalue weighted by atomic mass is 9.93. The summed E-state index contributed by atoms with van der Waals surface area (Å²) >= 11 is 0. The van der Waals surface area contributed by atoms with Crippen LogP contribution in [0.3, 0.4) is 0 Å². The predicted molar refractivity (Wildman–Crippen MR) is 128 cm³/mol. The number of ether oxygens (including phenoxy) is 1. The van der Waals surface area contributed by atoms with Gasteiger partial charge in [0.05, 0.1) is 30.5 Å². The fourth-order valence-electron chi connectivity index (χ4n) is 4.51. The number of carbonyl (C=O) groups is 1. The average molecular weight is 478 g/mol. The molecule has 4 aromatic rings. The Balaban J connectivity index is 1.49. The highest BCUT2D eigenvalue weighted by molar-refractivity contribution is 6.00. The second-order valence-corrected chi connectivity index (χ2v) is 8.84. The minimum absolute atomic E-state index is 0.116. The van der Waals surface area contributed by atoms with Crippen LogP contribution in [0, 0.1) is 11.6 Å². The van der Waals surface area contributed by atoms with E-state index in [0.29, 0.717) is 35.1 Å². The van der Waals surface area contributed by atoms with Crippen molar-refractivity contribution >= 4 is 16.7 Å². The Kier molecular flexibility index (Phi) is 6.32. The van der Waals surface area contributed by atoms with E-state index >= 15 is 8.78 Å². The molecular formula is C27H25F2N3O3. The van der Waals surface area contributed by atoms with Crippen LogP contribution < -0.4 is 5.32 Å². The lowest BCUT2D eigenvalue weighted by molar-refractivity contribution is -0.0261. The number of aliphatic hydroxyl groups excluding tert-OH is 1. The van der Waals surface area contributed by atoms with E-state index < -0.39 is 29.7 Å². The number of amides is 1. The van der Waals surface area contributed by atoms with Gasteiger partial charge in [-0.3, -0.25) is 9.48 Å². The fraction of sp³-hybridized carbons (Fsp3) is 0.259. The number of aryl methyl sites for hydroxylation is 1. The molecule has 1 amide bonds. The summed E-state index contributed by atoms with van der Waals surface area (Å²) in [6.45, 7) is 0.520. The van der Waals surface area contributed by atoms with Crippen LogP contribution in [0.5, 0.6) is 0 Å². The number of benzene rings is 3. The molecule has 6 nitrogen and oxygen atoms in total. The number of hydrogen-bond donors (Lipinski definition) is 2. The maximum atomic E-state index is 15.4. The van der Waals surface area contributed by atoms with Crippen molar-refractivity contribution in [3.8, 4) is 11.1 Å². The zero-order chi connectivity index (χ0) is 24.5. The zero-order valence-electron chi connectivity index (χ0n) is 19.2. The van der Waals surface area contributed by atoms with Crippen molar-refractivity contribution in [3.63, 3.8) is 0 Å². The first-order chi connectivity index (χ1) is 16.9. The Morgan fingerprint density at radius 1 is 1.14 bits per heavy atom. The highest BCUT2D eigenvalue weighted by Gasteiger charge is 2.27. The van der Waals surface area contributed by atoms with Crippen LogP contribution in [-0.4, -0.2) is 46.2 Å². The molecule has 2 N–H and O–H groups in total. The van der Waals surface area contributed by atoms with Crippen LogP contribution >= 0.6 is 0 Å². The number of aromatic nitrogens is 2. The van der Waals surface area contributed by atoms with E-state index in [-0.39, 0.29) is 24.0 Å². The first-order valence-electron chi connectivity index (χ1n) is 11.4. The lowest BCUT2D eigenvalue weighted by Gasteiger charge is -2.28. The average Bonchev–Trinajstić information content (AvgIpc) is 3.29. The van der Waals surface area contributed by atoms with Crippen LogP contribution in [-0.2, 0) is 18.2 Å². The second-order valence-electron chi connectivity index (χ2n) is 8.84. The molecule has 0 unspecified atom stereocenters. The summed E-state index contributed by atoms with van der Waals surface area (Å²) in [5, 5.41) is 17.9. The molecule has 0 spiro atoms. The molecule has 180 valence electrons. The zero-order valence-corrected chi connectivity index (χ0v) is 19.2. The first kappa shape index (κ1) is 23.1. The Labute approximate surface area is 201 Å². The number of rotatable bonds is 5. The fourth-order valence-corrected chi connectivity index (χ4v) is 4.51. The molecule has 3 aromatic carbocycles. The number of carbonyl (C=O) groups excluding carboxylic acids is 1. The quantitative estimate of drug-likeness (QED) is 0.456. The van der Waals surface area contributed by atoms with Gasteiger partial charge in [0.1, 0.15) is 11.6 Å². The third kappa shape index (κ3) is 4.67. The van der Waals surface area contributed by atoms with Crippen molar-refractivity contribution in [2.45, 2.75) is 25.0 Å². The van der Waals surface area contributed by atoms with Gasteiger partial charge in [0.25, 0.3) is 5.91 Å². The van der Waals surface area contributed by atoms with E-state index in [1.807, 2.05) is 12.3 Å². The van der Waals surface area contributed by atoms with Gasteiger partial charge in [0, 0.05) is 37.2 Å². The smallest absolute Gasteiger partial charge is 0.254 e. The van der Waals surface area contributed by atoms with Gasteiger partial charge in [0.15, 0.2) is 0 Å². The second kappa shape index (κ2) is 9.56. The normalized spacial score (nSPS) is 18.1. The van der Waals surface area contributed by atoms with Gasteiger partial charge >= 0.3 is 0 Å². The van der Waals surface area contributed by atoms with Crippen molar-refractivity contribution in [3.05, 3.63) is 89.2 Å². The van der Waals surface area contributed by atoms with Crippen molar-refractivity contribution in [1.29, 1.82) is 0 Å². The molecule has 2 atom stereocenters. The molecule has 1 saturated heterocycles. The van der Waals surface area contributed by atoms with Crippen molar-refractivity contribution in [2.75, 3.05) is 13.2 Å². The van der Waals surface area contributed by atoms with E-state index in [0.717, 1.165) is 5.56 Å². The summed E-state index contributed by atoms with van der Waals surface area (Å²) in [5.74, 6) is -1.65. The number of halogens is 2. The summed E-state index contributed by atoms with van der Waals surface area (Å²) < 4.78 is 37.3. The maximum absolute atomic E-state index is 15.4. The molecular weight excluding hydrogens is 452 g/mol. The maximum Gasteiger partial charge on any atom is 0.254 e. The van der Waals surface area contributed by atoms with Crippen molar-refractivity contribution in [1.82, 2.24) is 15.1 Å². The summed E-state index contributed by atoms with van der Waals surface area (Å²) in [4.78, 5) is 13.0. The third-order valence-electron chi connectivity index (χ3n) is 6.42. The molecule has 0 radical (unpaired) electrons. The molecule has 1 aromatic heterocycles. The molecule has 0 bridgehead atoms. The molecule has 2 heterocycles. The van der Waals surface area contributed by atoms with Crippen molar-refractivity contribution in [2.24, 2.45) is 7.05 Å². The third-order valence-corrected chi connectivity index (χ3v) is 6.42. The Morgan fingerprint density at radius 2 is 1.94 bits per heavy atom. The molecule has 8 heteroatoms. The van der Waals surface area contributed by atoms with Gasteiger partial charge in [0.2, 0.25) is 0 Å². The van der Waals surface area contributed by atoms with E-state index in [9.17, 15) is 9.90 Å². The van der Waals surface area contributed by atoms with Crippen LogP contribution in [0.1, 0.15) is 27.9 Å². The topological polar surface area (TPSA) is 76.4 Å². The predicted octanol–water partition coefficient (Wildman–Crippen LogP) is 3.99. The first-order valence-corrected chi connectivity index (χ1v) is 11.4. The molecule has 0 aliphatic carbocycles. The Morgan fingerprint density at radius 3 is 2.66 bits per heavy atom. The number of nitrogens with zero attached hydrogens (tertiary/aromatic N) is 2. The summed E-state index contributed by atoms with van der Waals surface area (Å²) in [6.07, 6.45) is 3.23. The number of nitrogens with one attached hydrogen (secondary N) is 1. The van der Waals surface area contributed by atoms with Crippen LogP contribution in [0.4, 0.5) is 8.78 Å². The van der Waals surface area contributed by atoms with E-state index in [1.54, 1.807) is 48.3 Å². The van der Waals surface area contributed by atoms with Crippen LogP contribution in [0.15, 0.2) is 60.9 Å². The summed E-state index contributed by atoms with van der Waals surface area (Å²) in [7, 11) is 1.80. The monoisotopic (exact) mass is 477 g/mol. The number of aliphatic hydroxyl groups is 1. The molecule has 1 fully saturated rings. The Hall–Kier alpha value is -3.62. The van der Waals surface area contributed by atoms with Gasteiger partial charge in [-0.25, -0.2) is 8.78 Å². The minimum Gasteiger partial charge on any atom is -0.389 e. The molecule has 0 saturated carbocycles. The van der Waals surface area contributed by atoms with Crippen LogP contribution in [0.2, 0.25) is 0 Å². The lowest BCUT2D eigenvalue weighted by Crippen LogP contribution is -2.48. The Bertz CT molecular complexity index is 1400. The SMILES string of the molecule is Cn1cc(-c2ccc(Cc3cc(C(=O)N[C@H]4CCOC[C@@H]4O)c(F)c4ccccc34)c(F)c2)cn1. The van der Waals surface area contributed by atoms with Crippen LogP contribution in [0.25, 0.3) is 21.9 Å². The molecule has 1 aliphatic rings. The van der Waals surface area contributed by atoms with Gasteiger partial charge in [-0.05, 0) is 40.6 Å². The standard InChI is InChI=1S/C27H25F2N3O3/c1-32-14-19(13-30-32)16-6-7-17(23(28)12-16)10-18-11-22(26(29)21-5-3-2-4-20(18)21)27(34)31-24-8-9-35-15-25(24)33/h2-7,11-14,24-25,33H,8-10,15H2,1H3,(H,31,34)/t24-,25-/m0/s1. The minimum atomic E-state index is -0.858.